The van der Waals surface area contributed by atoms with Crippen LogP contribution in [-0.2, 0) is 15.1 Å². The number of aliphatic hydroxyl groups is 1. The molecule has 2 fully saturated rings. The summed E-state index contributed by atoms with van der Waals surface area (Å²) in [6, 6.07) is 17.0. The molecule has 2 aliphatic heterocycles. The zero-order chi connectivity index (χ0) is 22.0. The van der Waals surface area contributed by atoms with Gasteiger partial charge in [-0.1, -0.05) is 55.3 Å². The molecule has 6 heteroatoms. The molecule has 1 saturated heterocycles. The lowest BCUT2D eigenvalue weighted by Crippen LogP contribution is -2.45. The fraction of sp³-hybridized carbons (Fsp3) is 0.500. The van der Waals surface area contributed by atoms with Gasteiger partial charge in [-0.25, -0.2) is 4.79 Å². The van der Waals surface area contributed by atoms with Crippen molar-refractivity contribution in [3.63, 3.8) is 0 Å². The zero-order valence-corrected chi connectivity index (χ0v) is 18.3. The monoisotopic (exact) mass is 437 g/mol. The summed E-state index contributed by atoms with van der Waals surface area (Å²) in [7, 11) is 0. The van der Waals surface area contributed by atoms with Gasteiger partial charge in [0.2, 0.25) is 6.29 Å². The number of benzene rings is 2. The van der Waals surface area contributed by atoms with E-state index in [1.165, 1.54) is 0 Å². The largest absolute Gasteiger partial charge is 0.459 e. The van der Waals surface area contributed by atoms with Crippen molar-refractivity contribution in [3.8, 4) is 11.5 Å². The minimum atomic E-state index is -1.57. The number of nitrogens with zero attached hydrogens (tertiary/aromatic N) is 1. The van der Waals surface area contributed by atoms with Crippen molar-refractivity contribution in [1.29, 1.82) is 0 Å². The van der Waals surface area contributed by atoms with Crippen LogP contribution < -0.4 is 9.47 Å². The predicted octanol–water partition coefficient (Wildman–Crippen LogP) is 3.87. The Morgan fingerprint density at radius 2 is 1.66 bits per heavy atom. The molecule has 0 bridgehead atoms. The summed E-state index contributed by atoms with van der Waals surface area (Å²) in [5.74, 6) is 0.990. The van der Waals surface area contributed by atoms with Gasteiger partial charge in [0.1, 0.15) is 6.10 Å². The van der Waals surface area contributed by atoms with Gasteiger partial charge in [0.05, 0.1) is 0 Å². The van der Waals surface area contributed by atoms with Gasteiger partial charge in [0.15, 0.2) is 17.1 Å². The Balaban J connectivity index is 1.16. The number of rotatable bonds is 7. The first-order valence-electron chi connectivity index (χ1n) is 11.8. The number of carbonyl (C=O) groups is 1. The van der Waals surface area contributed by atoms with Crippen molar-refractivity contribution >= 4 is 5.97 Å². The first-order valence-corrected chi connectivity index (χ1v) is 11.8. The van der Waals surface area contributed by atoms with Crippen molar-refractivity contribution in [2.75, 3.05) is 19.6 Å². The van der Waals surface area contributed by atoms with Crippen LogP contribution in [0, 0.1) is 5.92 Å². The van der Waals surface area contributed by atoms with Crippen LogP contribution in [0.1, 0.15) is 44.1 Å². The first kappa shape index (κ1) is 21.3. The fourth-order valence-electron chi connectivity index (χ4n) is 5.25. The molecular weight excluding hydrogens is 406 g/mol. The Morgan fingerprint density at radius 1 is 1.00 bits per heavy atom. The summed E-state index contributed by atoms with van der Waals surface area (Å²) in [4.78, 5) is 15.5. The number of likely N-dealkylation sites (tertiary alicyclic amines) is 1. The maximum Gasteiger partial charge on any atom is 0.343 e. The highest BCUT2D eigenvalue weighted by molar-refractivity contribution is 5.81. The second-order valence-electron chi connectivity index (χ2n) is 9.13. The number of fused-ring (bicyclic) bond motifs is 1. The van der Waals surface area contributed by atoms with Crippen LogP contribution in [0.15, 0.2) is 54.6 Å². The molecule has 0 radical (unpaired) electrons. The van der Waals surface area contributed by atoms with Crippen LogP contribution in [-0.4, -0.2) is 48.0 Å². The molecule has 170 valence electrons. The number of carbonyl (C=O) groups excluding carboxylic acids is 1. The summed E-state index contributed by atoms with van der Waals surface area (Å²) in [5, 5.41) is 11.6. The molecule has 2 aromatic rings. The van der Waals surface area contributed by atoms with E-state index in [4.69, 9.17) is 14.2 Å². The lowest BCUT2D eigenvalue weighted by molar-refractivity contribution is -0.178. The second-order valence-corrected chi connectivity index (χ2v) is 9.13. The van der Waals surface area contributed by atoms with Crippen molar-refractivity contribution in [2.45, 2.75) is 56.5 Å². The minimum Gasteiger partial charge on any atom is -0.459 e. The highest BCUT2D eigenvalue weighted by atomic mass is 16.7. The lowest BCUT2D eigenvalue weighted by Gasteiger charge is -2.33. The highest BCUT2D eigenvalue weighted by Crippen LogP contribution is 2.42. The third-order valence-corrected chi connectivity index (χ3v) is 7.02. The average molecular weight is 438 g/mol. The van der Waals surface area contributed by atoms with E-state index in [9.17, 15) is 9.90 Å². The summed E-state index contributed by atoms with van der Waals surface area (Å²) in [6.45, 7) is 2.32. The van der Waals surface area contributed by atoms with Crippen LogP contribution in [0.25, 0.3) is 0 Å². The standard InChI is InChI=1S/C26H31NO5/c28-25(26(29,20-10-4-5-11-20)19-8-2-1-3-9-19)30-21-14-16-27(18-21)17-15-24-31-22-12-6-7-13-23(22)32-24/h1-3,6-9,12-13,20-21,24,29H,4-5,10-11,14-18H2/t21-,26?/m0/s1. The van der Waals surface area contributed by atoms with Crippen molar-refractivity contribution < 1.29 is 24.1 Å². The Hall–Kier alpha value is -2.57. The van der Waals surface area contributed by atoms with Gasteiger partial charge in [-0.05, 0) is 37.0 Å². The molecule has 1 saturated carbocycles. The third-order valence-electron chi connectivity index (χ3n) is 7.02. The Morgan fingerprint density at radius 3 is 2.34 bits per heavy atom. The number of hydrogen-bond acceptors (Lipinski definition) is 6. The molecule has 1 aliphatic carbocycles. The maximum atomic E-state index is 13.3. The predicted molar refractivity (Wildman–Crippen MR) is 119 cm³/mol. The molecular formula is C26H31NO5. The molecule has 6 nitrogen and oxygen atoms in total. The topological polar surface area (TPSA) is 68.2 Å². The van der Waals surface area contributed by atoms with Crippen LogP contribution in [0.4, 0.5) is 0 Å². The van der Waals surface area contributed by atoms with Gasteiger partial charge >= 0.3 is 5.97 Å². The van der Waals surface area contributed by atoms with Gasteiger partial charge in [-0.15, -0.1) is 0 Å². The second kappa shape index (κ2) is 9.12. The molecule has 3 aliphatic rings. The molecule has 1 unspecified atom stereocenters. The van der Waals surface area contributed by atoms with Crippen LogP contribution in [0.3, 0.4) is 0 Å². The Kier molecular flexibility index (Phi) is 6.07. The molecule has 2 heterocycles. The van der Waals surface area contributed by atoms with Crippen molar-refractivity contribution in [3.05, 3.63) is 60.2 Å². The van der Waals surface area contributed by atoms with Gasteiger partial charge < -0.3 is 19.3 Å². The molecule has 5 rings (SSSR count). The lowest BCUT2D eigenvalue weighted by atomic mass is 9.80. The SMILES string of the molecule is O=C(O[C@H]1CCN(CCC2Oc3ccccc3O2)C1)C(O)(c1ccccc1)C1CCCC1. The van der Waals surface area contributed by atoms with Crippen LogP contribution in [0.2, 0.25) is 0 Å². The van der Waals surface area contributed by atoms with Crippen molar-refractivity contribution in [1.82, 2.24) is 4.90 Å². The highest BCUT2D eigenvalue weighted by Gasteiger charge is 2.48. The third kappa shape index (κ3) is 4.21. The Bertz CT molecular complexity index is 904. The first-order chi connectivity index (χ1) is 15.6. The van der Waals surface area contributed by atoms with E-state index in [1.807, 2.05) is 54.6 Å². The van der Waals surface area contributed by atoms with Crippen molar-refractivity contribution in [2.24, 2.45) is 5.92 Å². The summed E-state index contributed by atoms with van der Waals surface area (Å²) in [6.07, 6.45) is 4.81. The van der Waals surface area contributed by atoms with E-state index in [-0.39, 0.29) is 18.3 Å². The van der Waals surface area contributed by atoms with E-state index in [1.54, 1.807) is 0 Å². The minimum absolute atomic E-state index is 0.0896. The molecule has 1 N–H and O–H groups in total. The zero-order valence-electron chi connectivity index (χ0n) is 18.3. The number of para-hydroxylation sites is 2. The fourth-order valence-corrected chi connectivity index (χ4v) is 5.25. The average Bonchev–Trinajstić information content (AvgIpc) is 3.58. The van der Waals surface area contributed by atoms with Gasteiger partial charge in [0.25, 0.3) is 0 Å². The summed E-state index contributed by atoms with van der Waals surface area (Å²) in [5.41, 5.74) is -0.926. The Labute approximate surface area is 189 Å². The van der Waals surface area contributed by atoms with Crippen LogP contribution in [0.5, 0.6) is 11.5 Å². The normalized spacial score (nSPS) is 23.3. The van der Waals surface area contributed by atoms with Gasteiger partial charge in [0, 0.05) is 32.0 Å². The van der Waals surface area contributed by atoms with E-state index >= 15 is 0 Å². The molecule has 2 atom stereocenters. The molecule has 2 aromatic carbocycles. The molecule has 0 spiro atoms. The van der Waals surface area contributed by atoms with E-state index in [2.05, 4.69) is 4.90 Å². The molecule has 32 heavy (non-hydrogen) atoms. The van der Waals surface area contributed by atoms with Gasteiger partial charge in [-0.3, -0.25) is 4.90 Å². The van der Waals surface area contributed by atoms with E-state index < -0.39 is 11.6 Å². The van der Waals surface area contributed by atoms with E-state index in [0.29, 0.717) is 12.1 Å². The molecule has 0 aromatic heterocycles. The number of hydrogen-bond donors (Lipinski definition) is 1. The summed E-state index contributed by atoms with van der Waals surface area (Å²) < 4.78 is 17.6. The van der Waals surface area contributed by atoms with E-state index in [0.717, 1.165) is 63.1 Å². The van der Waals surface area contributed by atoms with Crippen LogP contribution >= 0.6 is 0 Å². The number of esters is 1. The number of ether oxygens (including phenoxy) is 3. The van der Waals surface area contributed by atoms with Gasteiger partial charge in [-0.2, -0.15) is 0 Å². The quantitative estimate of drug-likeness (QED) is 0.664. The maximum absolute atomic E-state index is 13.3. The smallest absolute Gasteiger partial charge is 0.343 e. The molecule has 0 amide bonds. The summed E-state index contributed by atoms with van der Waals surface area (Å²) >= 11 is 0.